The Labute approximate surface area is 110 Å². The highest BCUT2D eigenvalue weighted by atomic mass is 16.4. The molecule has 1 aliphatic rings. The van der Waals surface area contributed by atoms with Gasteiger partial charge in [0.15, 0.2) is 5.76 Å². The van der Waals surface area contributed by atoms with Crippen molar-refractivity contribution < 1.29 is 24.2 Å². The summed E-state index contributed by atoms with van der Waals surface area (Å²) in [6.07, 6.45) is 4.83. The minimum atomic E-state index is -1.14. The largest absolute Gasteiger partial charge is 0.478 e. The van der Waals surface area contributed by atoms with Crippen LogP contribution in [0.15, 0.2) is 16.7 Å². The fraction of sp³-hybridized carbons (Fsp3) is 0.538. The van der Waals surface area contributed by atoms with E-state index in [0.29, 0.717) is 6.42 Å². The molecular weight excluding hydrogens is 250 g/mol. The summed E-state index contributed by atoms with van der Waals surface area (Å²) in [5.74, 6) is -1.68. The van der Waals surface area contributed by atoms with Crippen LogP contribution in [0.3, 0.4) is 0 Å². The number of aliphatic hydroxyl groups excluding tert-OH is 1. The number of aromatic carboxylic acids is 1. The van der Waals surface area contributed by atoms with Crippen molar-refractivity contribution >= 4 is 11.9 Å². The van der Waals surface area contributed by atoms with E-state index in [1.165, 1.54) is 6.07 Å². The number of furan rings is 1. The summed E-state index contributed by atoms with van der Waals surface area (Å²) >= 11 is 0. The summed E-state index contributed by atoms with van der Waals surface area (Å²) in [6, 6.07) is 0.884. The highest BCUT2D eigenvalue weighted by Gasteiger charge is 2.25. The maximum atomic E-state index is 11.9. The zero-order valence-electron chi connectivity index (χ0n) is 10.5. The zero-order valence-corrected chi connectivity index (χ0v) is 10.5. The van der Waals surface area contributed by atoms with E-state index in [0.717, 1.165) is 31.9 Å². The monoisotopic (exact) mass is 267 g/mol. The molecule has 0 aromatic carbocycles. The average Bonchev–Trinajstić information content (AvgIpc) is 2.78. The van der Waals surface area contributed by atoms with E-state index in [4.69, 9.17) is 9.52 Å². The van der Waals surface area contributed by atoms with Gasteiger partial charge in [-0.15, -0.1) is 0 Å². The van der Waals surface area contributed by atoms with E-state index < -0.39 is 18.0 Å². The van der Waals surface area contributed by atoms with Crippen molar-refractivity contribution in [2.45, 2.75) is 44.2 Å². The van der Waals surface area contributed by atoms with Gasteiger partial charge in [0.2, 0.25) is 0 Å². The van der Waals surface area contributed by atoms with Crippen molar-refractivity contribution in [2.24, 2.45) is 0 Å². The van der Waals surface area contributed by atoms with Crippen LogP contribution in [0.1, 0.15) is 53.0 Å². The lowest BCUT2D eigenvalue weighted by Crippen LogP contribution is -2.42. The molecule has 1 fully saturated rings. The van der Waals surface area contributed by atoms with Crippen LogP contribution in [0.25, 0.3) is 0 Å². The Kier molecular flexibility index (Phi) is 4.21. The second kappa shape index (κ2) is 5.88. The molecule has 1 amide bonds. The fourth-order valence-corrected chi connectivity index (χ4v) is 2.26. The molecule has 2 unspecified atom stereocenters. The summed E-state index contributed by atoms with van der Waals surface area (Å²) in [5.41, 5.74) is -0.0634. The molecule has 0 bridgehead atoms. The van der Waals surface area contributed by atoms with Crippen molar-refractivity contribution in [3.8, 4) is 0 Å². The molecule has 1 aromatic heterocycles. The molecule has 19 heavy (non-hydrogen) atoms. The second-order valence-corrected chi connectivity index (χ2v) is 4.79. The van der Waals surface area contributed by atoms with Gasteiger partial charge in [-0.1, -0.05) is 19.3 Å². The highest BCUT2D eigenvalue weighted by Crippen LogP contribution is 2.18. The van der Waals surface area contributed by atoms with Gasteiger partial charge < -0.3 is 19.9 Å². The van der Waals surface area contributed by atoms with Crippen LogP contribution in [0.4, 0.5) is 0 Å². The van der Waals surface area contributed by atoms with Gasteiger partial charge in [-0.05, 0) is 12.8 Å². The third-order valence-corrected chi connectivity index (χ3v) is 3.37. The number of carboxylic acids is 1. The molecule has 2 atom stereocenters. The second-order valence-electron chi connectivity index (χ2n) is 4.79. The zero-order chi connectivity index (χ0) is 13.8. The first-order valence-electron chi connectivity index (χ1n) is 6.38. The third-order valence-electron chi connectivity index (χ3n) is 3.37. The molecule has 1 heterocycles. The quantitative estimate of drug-likeness (QED) is 0.719. The minimum absolute atomic E-state index is 0.0474. The van der Waals surface area contributed by atoms with E-state index in [1.54, 1.807) is 0 Å². The predicted molar refractivity (Wildman–Crippen MR) is 66.0 cm³/mol. The molecule has 6 heteroatoms. The number of rotatable bonds is 3. The van der Waals surface area contributed by atoms with Crippen molar-refractivity contribution in [3.05, 3.63) is 23.7 Å². The molecule has 1 saturated carbocycles. The van der Waals surface area contributed by atoms with Crippen LogP contribution in [0, 0.1) is 0 Å². The van der Waals surface area contributed by atoms with Crippen LogP contribution in [-0.4, -0.2) is 34.2 Å². The van der Waals surface area contributed by atoms with Crippen LogP contribution in [-0.2, 0) is 0 Å². The van der Waals surface area contributed by atoms with Gasteiger partial charge in [0.1, 0.15) is 6.26 Å². The fourth-order valence-electron chi connectivity index (χ4n) is 2.26. The molecule has 104 valence electrons. The molecule has 2 rings (SSSR count). The van der Waals surface area contributed by atoms with Gasteiger partial charge in [0.05, 0.1) is 17.7 Å². The molecular formula is C13H17NO5. The lowest BCUT2D eigenvalue weighted by molar-refractivity contribution is 0.0695. The predicted octanol–water partition coefficient (Wildman–Crippen LogP) is 1.40. The summed E-state index contributed by atoms with van der Waals surface area (Å²) in [7, 11) is 0. The molecule has 0 saturated heterocycles. The lowest BCUT2D eigenvalue weighted by atomic mass is 10.1. The Morgan fingerprint density at radius 2 is 2.00 bits per heavy atom. The van der Waals surface area contributed by atoms with E-state index in [9.17, 15) is 14.7 Å². The lowest BCUT2D eigenvalue weighted by Gasteiger charge is -2.20. The maximum Gasteiger partial charge on any atom is 0.338 e. The van der Waals surface area contributed by atoms with E-state index in [2.05, 4.69) is 5.32 Å². The van der Waals surface area contributed by atoms with Gasteiger partial charge in [-0.2, -0.15) is 0 Å². The number of carbonyl (C=O) groups excluding carboxylic acids is 1. The van der Waals surface area contributed by atoms with Crippen LogP contribution >= 0.6 is 0 Å². The van der Waals surface area contributed by atoms with Gasteiger partial charge >= 0.3 is 5.97 Å². The van der Waals surface area contributed by atoms with Crippen molar-refractivity contribution in [2.75, 3.05) is 0 Å². The van der Waals surface area contributed by atoms with Crippen LogP contribution < -0.4 is 5.32 Å². The van der Waals surface area contributed by atoms with E-state index >= 15 is 0 Å². The Balaban J connectivity index is 2.00. The summed E-state index contributed by atoms with van der Waals surface area (Å²) in [4.78, 5) is 22.6. The SMILES string of the molecule is O=C(O)c1coc(C(=O)NC2CCCCCC2O)c1. The molecule has 0 radical (unpaired) electrons. The Morgan fingerprint density at radius 1 is 1.26 bits per heavy atom. The molecule has 6 nitrogen and oxygen atoms in total. The summed E-state index contributed by atoms with van der Waals surface area (Å²) < 4.78 is 4.92. The van der Waals surface area contributed by atoms with Gasteiger partial charge in [-0.3, -0.25) is 4.79 Å². The van der Waals surface area contributed by atoms with Crippen molar-refractivity contribution in [3.63, 3.8) is 0 Å². The summed E-state index contributed by atoms with van der Waals surface area (Å²) in [6.45, 7) is 0. The first kappa shape index (κ1) is 13.6. The Hall–Kier alpha value is -1.82. The first-order chi connectivity index (χ1) is 9.08. The van der Waals surface area contributed by atoms with E-state index in [1.807, 2.05) is 0 Å². The minimum Gasteiger partial charge on any atom is -0.478 e. The standard InChI is InChI=1S/C13H17NO5/c15-10-5-3-1-2-4-9(10)14-12(16)11-6-8(7-19-11)13(17)18/h6-7,9-10,15H,1-5H2,(H,14,16)(H,17,18). The number of carboxylic acid groups (broad SMARTS) is 1. The highest BCUT2D eigenvalue weighted by molar-refractivity contribution is 5.95. The summed E-state index contributed by atoms with van der Waals surface area (Å²) in [5, 5.41) is 21.3. The number of aliphatic hydroxyl groups is 1. The molecule has 0 aliphatic heterocycles. The molecule has 1 aliphatic carbocycles. The Bertz CT molecular complexity index is 467. The molecule has 3 N–H and O–H groups in total. The number of hydrogen-bond donors (Lipinski definition) is 3. The van der Waals surface area contributed by atoms with E-state index in [-0.39, 0.29) is 17.4 Å². The van der Waals surface area contributed by atoms with Crippen LogP contribution in [0.5, 0.6) is 0 Å². The molecule has 0 spiro atoms. The maximum absolute atomic E-state index is 11.9. The number of amides is 1. The number of carbonyl (C=O) groups is 2. The smallest absolute Gasteiger partial charge is 0.338 e. The average molecular weight is 267 g/mol. The number of nitrogens with one attached hydrogen (secondary N) is 1. The van der Waals surface area contributed by atoms with Gasteiger partial charge in [0, 0.05) is 6.07 Å². The Morgan fingerprint density at radius 3 is 2.68 bits per heavy atom. The number of hydrogen-bond acceptors (Lipinski definition) is 4. The van der Waals surface area contributed by atoms with Crippen LogP contribution in [0.2, 0.25) is 0 Å². The van der Waals surface area contributed by atoms with Crippen molar-refractivity contribution in [1.82, 2.24) is 5.32 Å². The molecule has 1 aromatic rings. The normalized spacial score (nSPS) is 23.6. The van der Waals surface area contributed by atoms with Gasteiger partial charge in [-0.25, -0.2) is 4.79 Å². The van der Waals surface area contributed by atoms with Crippen molar-refractivity contribution in [1.29, 1.82) is 0 Å². The topological polar surface area (TPSA) is 99.8 Å². The van der Waals surface area contributed by atoms with Gasteiger partial charge in [0.25, 0.3) is 5.91 Å². The third kappa shape index (κ3) is 3.35. The first-order valence-corrected chi connectivity index (χ1v) is 6.38.